The third-order valence-electron chi connectivity index (χ3n) is 4.25. The fourth-order valence-electron chi connectivity index (χ4n) is 3.22. The predicted molar refractivity (Wildman–Crippen MR) is 85.3 cm³/mol. The Labute approximate surface area is 128 Å². The highest BCUT2D eigenvalue weighted by Gasteiger charge is 2.30. The van der Waals surface area contributed by atoms with Crippen LogP contribution >= 0.6 is 15.9 Å². The van der Waals surface area contributed by atoms with Crippen LogP contribution in [0.15, 0.2) is 10.8 Å². The van der Waals surface area contributed by atoms with Gasteiger partial charge in [-0.3, -0.25) is 4.90 Å². The lowest BCUT2D eigenvalue weighted by molar-refractivity contribution is 0.133. The minimum absolute atomic E-state index is 0.696. The highest BCUT2D eigenvalue weighted by molar-refractivity contribution is 9.10. The molecule has 1 unspecified atom stereocenters. The number of hydrogen-bond acceptors (Lipinski definition) is 5. The van der Waals surface area contributed by atoms with Crippen LogP contribution in [0.3, 0.4) is 0 Å². The van der Waals surface area contributed by atoms with E-state index in [1.165, 1.54) is 25.8 Å². The first-order valence-electron chi connectivity index (χ1n) is 7.53. The first kappa shape index (κ1) is 14.1. The molecule has 0 aliphatic carbocycles. The summed E-state index contributed by atoms with van der Waals surface area (Å²) >= 11 is 3.66. The molecule has 2 saturated heterocycles. The van der Waals surface area contributed by atoms with E-state index in [9.17, 15) is 0 Å². The third kappa shape index (κ3) is 2.76. The first-order chi connectivity index (χ1) is 9.79. The third-order valence-corrected chi connectivity index (χ3v) is 4.98. The van der Waals surface area contributed by atoms with E-state index in [-0.39, 0.29) is 0 Å². The summed E-state index contributed by atoms with van der Waals surface area (Å²) < 4.78 is 0.992. The fourth-order valence-corrected chi connectivity index (χ4v) is 3.82. The molecule has 20 heavy (non-hydrogen) atoms. The lowest BCUT2D eigenvalue weighted by Gasteiger charge is -2.44. The Morgan fingerprint density at radius 3 is 3.05 bits per heavy atom. The van der Waals surface area contributed by atoms with Gasteiger partial charge in [0.1, 0.15) is 22.4 Å². The van der Waals surface area contributed by atoms with E-state index in [0.29, 0.717) is 6.04 Å². The number of fused-ring (bicyclic) bond motifs is 1. The Bertz CT molecular complexity index is 467. The number of aromatic nitrogens is 2. The molecule has 2 aliphatic heterocycles. The zero-order valence-corrected chi connectivity index (χ0v) is 13.6. The van der Waals surface area contributed by atoms with Gasteiger partial charge in [0.05, 0.1) is 0 Å². The summed E-state index contributed by atoms with van der Waals surface area (Å²) in [5.41, 5.74) is 0. The molecule has 0 aromatic carbocycles. The van der Waals surface area contributed by atoms with Gasteiger partial charge >= 0.3 is 0 Å². The van der Waals surface area contributed by atoms with Crippen molar-refractivity contribution in [2.75, 3.05) is 42.9 Å². The Balaban J connectivity index is 1.77. The summed E-state index contributed by atoms with van der Waals surface area (Å²) in [5.74, 6) is 1.92. The molecule has 1 aromatic rings. The van der Waals surface area contributed by atoms with Crippen molar-refractivity contribution >= 4 is 27.6 Å². The number of nitrogens with zero attached hydrogens (tertiary/aromatic N) is 4. The Morgan fingerprint density at radius 2 is 2.20 bits per heavy atom. The van der Waals surface area contributed by atoms with Crippen LogP contribution in [0.25, 0.3) is 0 Å². The number of hydrogen-bond donors (Lipinski definition) is 1. The SMILES string of the molecule is CCNc1ncnc(N2CCN3CCCCC3C2)c1Br. The number of anilines is 2. The largest absolute Gasteiger partial charge is 0.369 e. The van der Waals surface area contributed by atoms with E-state index in [1.54, 1.807) is 6.33 Å². The van der Waals surface area contributed by atoms with Gasteiger partial charge in [0.2, 0.25) is 0 Å². The molecule has 0 radical (unpaired) electrons. The standard InChI is InChI=1S/C14H22BrN5/c1-2-16-13-12(15)14(18-10-17-13)20-8-7-19-6-4-3-5-11(19)9-20/h10-11H,2-9H2,1H3,(H,16,17,18). The molecule has 110 valence electrons. The molecule has 6 heteroatoms. The van der Waals surface area contributed by atoms with E-state index in [1.807, 2.05) is 0 Å². The number of piperidine rings is 1. The van der Waals surface area contributed by atoms with Gasteiger partial charge in [0, 0.05) is 32.2 Å². The highest BCUT2D eigenvalue weighted by Crippen LogP contribution is 2.32. The number of nitrogens with one attached hydrogen (secondary N) is 1. The smallest absolute Gasteiger partial charge is 0.148 e. The van der Waals surface area contributed by atoms with Crippen LogP contribution in [-0.2, 0) is 0 Å². The zero-order chi connectivity index (χ0) is 13.9. The lowest BCUT2D eigenvalue weighted by Crippen LogP contribution is -2.55. The van der Waals surface area contributed by atoms with Gasteiger partial charge < -0.3 is 10.2 Å². The second-order valence-electron chi connectivity index (χ2n) is 5.52. The van der Waals surface area contributed by atoms with Crippen molar-refractivity contribution < 1.29 is 0 Å². The molecule has 0 saturated carbocycles. The molecule has 1 N–H and O–H groups in total. The molecule has 5 nitrogen and oxygen atoms in total. The van der Waals surface area contributed by atoms with E-state index in [0.717, 1.165) is 42.3 Å². The molecule has 2 aliphatic rings. The maximum Gasteiger partial charge on any atom is 0.148 e. The van der Waals surface area contributed by atoms with Crippen molar-refractivity contribution in [1.82, 2.24) is 14.9 Å². The van der Waals surface area contributed by atoms with Crippen LogP contribution in [0.4, 0.5) is 11.6 Å². The van der Waals surface area contributed by atoms with Gasteiger partial charge in [-0.25, -0.2) is 9.97 Å². The van der Waals surface area contributed by atoms with Crippen LogP contribution in [0.2, 0.25) is 0 Å². The highest BCUT2D eigenvalue weighted by atomic mass is 79.9. The molecular formula is C14H22BrN5. The lowest BCUT2D eigenvalue weighted by atomic mass is 9.99. The van der Waals surface area contributed by atoms with Gasteiger partial charge in [-0.05, 0) is 42.2 Å². The molecule has 1 aromatic heterocycles. The van der Waals surface area contributed by atoms with Crippen molar-refractivity contribution in [3.8, 4) is 0 Å². The van der Waals surface area contributed by atoms with Gasteiger partial charge in [-0.15, -0.1) is 0 Å². The summed E-state index contributed by atoms with van der Waals surface area (Å²) in [6.07, 6.45) is 5.70. The molecule has 2 fully saturated rings. The second kappa shape index (κ2) is 6.26. The minimum Gasteiger partial charge on any atom is -0.369 e. The van der Waals surface area contributed by atoms with E-state index < -0.39 is 0 Å². The maximum absolute atomic E-state index is 4.49. The molecule has 3 heterocycles. The number of halogens is 1. The van der Waals surface area contributed by atoms with Crippen LogP contribution in [0.5, 0.6) is 0 Å². The normalized spacial score (nSPS) is 23.5. The summed E-state index contributed by atoms with van der Waals surface area (Å²) in [4.78, 5) is 13.8. The van der Waals surface area contributed by atoms with Crippen molar-refractivity contribution in [3.05, 3.63) is 10.8 Å². The van der Waals surface area contributed by atoms with Crippen LogP contribution in [0.1, 0.15) is 26.2 Å². The van der Waals surface area contributed by atoms with Gasteiger partial charge in [0.15, 0.2) is 0 Å². The molecule has 3 rings (SSSR count). The zero-order valence-electron chi connectivity index (χ0n) is 12.0. The second-order valence-corrected chi connectivity index (χ2v) is 6.31. The first-order valence-corrected chi connectivity index (χ1v) is 8.32. The van der Waals surface area contributed by atoms with E-state index >= 15 is 0 Å². The fraction of sp³-hybridized carbons (Fsp3) is 0.714. The van der Waals surface area contributed by atoms with Crippen molar-refractivity contribution in [3.63, 3.8) is 0 Å². The van der Waals surface area contributed by atoms with Gasteiger partial charge in [-0.1, -0.05) is 6.42 Å². The maximum atomic E-state index is 4.49. The van der Waals surface area contributed by atoms with E-state index in [4.69, 9.17) is 0 Å². The minimum atomic E-state index is 0.696. The Morgan fingerprint density at radius 1 is 1.30 bits per heavy atom. The quantitative estimate of drug-likeness (QED) is 0.915. The van der Waals surface area contributed by atoms with Crippen LogP contribution in [0, 0.1) is 0 Å². The van der Waals surface area contributed by atoms with Crippen molar-refractivity contribution in [1.29, 1.82) is 0 Å². The predicted octanol–water partition coefficient (Wildman–Crippen LogP) is 2.35. The molecule has 0 spiro atoms. The summed E-state index contributed by atoms with van der Waals surface area (Å²) in [6.45, 7) is 7.50. The topological polar surface area (TPSA) is 44.3 Å². The number of rotatable bonds is 3. The molecular weight excluding hydrogens is 318 g/mol. The molecule has 0 bridgehead atoms. The van der Waals surface area contributed by atoms with Crippen LogP contribution in [-0.4, -0.2) is 53.6 Å². The summed E-state index contributed by atoms with van der Waals surface area (Å²) in [7, 11) is 0. The average Bonchev–Trinajstić information content (AvgIpc) is 2.49. The number of piperazine rings is 1. The summed E-state index contributed by atoms with van der Waals surface area (Å²) in [5, 5.41) is 3.28. The molecule has 0 amide bonds. The summed E-state index contributed by atoms with van der Waals surface area (Å²) in [6, 6.07) is 0.696. The Hall–Kier alpha value is -0.880. The van der Waals surface area contributed by atoms with Gasteiger partial charge in [-0.2, -0.15) is 0 Å². The average molecular weight is 340 g/mol. The van der Waals surface area contributed by atoms with E-state index in [2.05, 4.69) is 47.9 Å². The monoisotopic (exact) mass is 339 g/mol. The van der Waals surface area contributed by atoms with Crippen LogP contribution < -0.4 is 10.2 Å². The Kier molecular flexibility index (Phi) is 4.41. The van der Waals surface area contributed by atoms with Crippen molar-refractivity contribution in [2.24, 2.45) is 0 Å². The van der Waals surface area contributed by atoms with Gasteiger partial charge in [0.25, 0.3) is 0 Å². The molecule has 1 atom stereocenters. The van der Waals surface area contributed by atoms with Crippen molar-refractivity contribution in [2.45, 2.75) is 32.2 Å².